The Morgan fingerprint density at radius 2 is 2.04 bits per heavy atom. The lowest BCUT2D eigenvalue weighted by molar-refractivity contribution is 1.10. The number of pyridine rings is 1. The largest absolute Gasteiger partial charge is 0.308 e. The van der Waals surface area contributed by atoms with Crippen LogP contribution in [0.2, 0.25) is 5.02 Å². The molecule has 3 aromatic rings. The van der Waals surface area contributed by atoms with Gasteiger partial charge in [-0.1, -0.05) is 24.3 Å². The van der Waals surface area contributed by atoms with Crippen molar-refractivity contribution in [2.24, 2.45) is 4.99 Å². The average molecular weight is 322 g/mol. The van der Waals surface area contributed by atoms with Crippen LogP contribution < -0.4 is 0 Å². The van der Waals surface area contributed by atoms with Crippen molar-refractivity contribution in [3.8, 4) is 5.69 Å². The molecule has 3 rings (SSSR count). The molecule has 0 aliphatic heterocycles. The first-order valence-corrected chi connectivity index (χ1v) is 7.63. The zero-order chi connectivity index (χ0) is 16.2. The summed E-state index contributed by atoms with van der Waals surface area (Å²) in [5.41, 5.74) is 3.83. The summed E-state index contributed by atoms with van der Waals surface area (Å²) >= 11 is 6.01. The average Bonchev–Trinajstić information content (AvgIpc) is 2.95. The van der Waals surface area contributed by atoms with E-state index in [4.69, 9.17) is 11.6 Å². The van der Waals surface area contributed by atoms with E-state index in [1.54, 1.807) is 18.6 Å². The minimum atomic E-state index is 0.707. The Kier molecular flexibility index (Phi) is 4.40. The molecule has 3 nitrogen and oxygen atoms in total. The number of aliphatic imine (C=N–C) groups is 1. The molecule has 0 fully saturated rings. The van der Waals surface area contributed by atoms with E-state index in [1.807, 2.05) is 49.5 Å². The monoisotopic (exact) mass is 321 g/mol. The molecule has 0 aliphatic carbocycles. The minimum Gasteiger partial charge on any atom is -0.308 e. The smallest absolute Gasteiger partial charge is 0.0718 e. The lowest BCUT2D eigenvalue weighted by Crippen LogP contribution is -1.99. The molecule has 0 amide bonds. The third kappa shape index (κ3) is 3.10. The number of aromatic nitrogens is 2. The summed E-state index contributed by atoms with van der Waals surface area (Å²) in [6.07, 6.45) is 9.01. The minimum absolute atomic E-state index is 0.707. The second kappa shape index (κ2) is 6.63. The third-order valence-corrected chi connectivity index (χ3v) is 3.74. The predicted molar refractivity (Wildman–Crippen MR) is 98.4 cm³/mol. The third-order valence-electron chi connectivity index (χ3n) is 3.49. The van der Waals surface area contributed by atoms with Crippen LogP contribution in [-0.2, 0) is 0 Å². The Balaban J connectivity index is 2.19. The molecule has 2 heterocycles. The standard InChI is InChI=1S/C19H16ClN3/c1-3-9-21-12-14(2)18-11-15-8-10-22-13-19(15)23(18)17-6-4-16(20)5-7-17/h3-13H,2H2,1H3/b9-3-,21-12-. The van der Waals surface area contributed by atoms with Crippen molar-refractivity contribution in [2.75, 3.05) is 0 Å². The van der Waals surface area contributed by atoms with Crippen molar-refractivity contribution in [1.29, 1.82) is 0 Å². The topological polar surface area (TPSA) is 30.2 Å². The van der Waals surface area contributed by atoms with E-state index in [2.05, 4.69) is 27.2 Å². The number of fused-ring (bicyclic) bond motifs is 1. The first-order valence-electron chi connectivity index (χ1n) is 7.25. The highest BCUT2D eigenvalue weighted by molar-refractivity contribution is 6.30. The number of rotatable bonds is 4. The highest BCUT2D eigenvalue weighted by Gasteiger charge is 2.12. The Labute approximate surface area is 140 Å². The normalized spacial score (nSPS) is 11.7. The van der Waals surface area contributed by atoms with Gasteiger partial charge in [-0.2, -0.15) is 0 Å². The van der Waals surface area contributed by atoms with E-state index in [-0.39, 0.29) is 0 Å². The number of halogens is 1. The fourth-order valence-corrected chi connectivity index (χ4v) is 2.56. The van der Waals surface area contributed by atoms with Crippen molar-refractivity contribution in [1.82, 2.24) is 9.55 Å². The van der Waals surface area contributed by atoms with Crippen LogP contribution in [0.25, 0.3) is 22.2 Å². The molecule has 4 heteroatoms. The highest BCUT2D eigenvalue weighted by Crippen LogP contribution is 2.27. The van der Waals surface area contributed by atoms with E-state index in [0.717, 1.165) is 27.9 Å². The first kappa shape index (κ1) is 15.3. The molecule has 0 radical (unpaired) electrons. The van der Waals surface area contributed by atoms with E-state index in [0.29, 0.717) is 5.02 Å². The molecule has 0 saturated carbocycles. The van der Waals surface area contributed by atoms with Crippen molar-refractivity contribution in [3.05, 3.63) is 78.4 Å². The van der Waals surface area contributed by atoms with Gasteiger partial charge in [-0.3, -0.25) is 9.98 Å². The Hall–Kier alpha value is -2.65. The van der Waals surface area contributed by atoms with Gasteiger partial charge in [-0.25, -0.2) is 0 Å². The van der Waals surface area contributed by atoms with Gasteiger partial charge in [-0.15, -0.1) is 0 Å². The molecular formula is C19H16ClN3. The summed E-state index contributed by atoms with van der Waals surface area (Å²) < 4.78 is 2.11. The van der Waals surface area contributed by atoms with Gasteiger partial charge in [0.05, 0.1) is 17.4 Å². The van der Waals surface area contributed by atoms with Gasteiger partial charge in [0.1, 0.15) is 0 Å². The molecule has 0 bridgehead atoms. The maximum atomic E-state index is 6.01. The molecule has 0 spiro atoms. The maximum Gasteiger partial charge on any atom is 0.0718 e. The quantitative estimate of drug-likeness (QED) is 0.600. The van der Waals surface area contributed by atoms with Crippen LogP contribution in [0.4, 0.5) is 0 Å². The Morgan fingerprint density at radius 1 is 1.26 bits per heavy atom. The zero-order valence-electron chi connectivity index (χ0n) is 12.8. The number of hydrogen-bond acceptors (Lipinski definition) is 2. The van der Waals surface area contributed by atoms with E-state index < -0.39 is 0 Å². The van der Waals surface area contributed by atoms with Gasteiger partial charge in [0.2, 0.25) is 0 Å². The van der Waals surface area contributed by atoms with E-state index in [9.17, 15) is 0 Å². The van der Waals surface area contributed by atoms with Crippen LogP contribution in [0.15, 0.2) is 72.6 Å². The lowest BCUT2D eigenvalue weighted by atomic mass is 10.2. The van der Waals surface area contributed by atoms with Crippen LogP contribution in [0.1, 0.15) is 12.6 Å². The molecule has 0 N–H and O–H groups in total. The second-order valence-corrected chi connectivity index (χ2v) is 5.50. The van der Waals surface area contributed by atoms with Crippen LogP contribution >= 0.6 is 11.6 Å². The van der Waals surface area contributed by atoms with Gasteiger partial charge in [0, 0.05) is 40.3 Å². The summed E-state index contributed by atoms with van der Waals surface area (Å²) in [6, 6.07) is 11.8. The van der Waals surface area contributed by atoms with E-state index in [1.165, 1.54) is 0 Å². The van der Waals surface area contributed by atoms with Crippen molar-refractivity contribution in [2.45, 2.75) is 6.92 Å². The molecule has 0 aliphatic rings. The number of nitrogens with zero attached hydrogens (tertiary/aromatic N) is 3. The van der Waals surface area contributed by atoms with Crippen LogP contribution in [0, 0.1) is 0 Å². The van der Waals surface area contributed by atoms with Gasteiger partial charge in [0.15, 0.2) is 0 Å². The van der Waals surface area contributed by atoms with E-state index >= 15 is 0 Å². The molecular weight excluding hydrogens is 306 g/mol. The van der Waals surface area contributed by atoms with Crippen LogP contribution in [0.3, 0.4) is 0 Å². The summed E-state index contributed by atoms with van der Waals surface area (Å²) in [7, 11) is 0. The molecule has 2 aromatic heterocycles. The Morgan fingerprint density at radius 3 is 2.78 bits per heavy atom. The number of hydrogen-bond donors (Lipinski definition) is 0. The van der Waals surface area contributed by atoms with Crippen molar-refractivity contribution >= 4 is 34.3 Å². The fourth-order valence-electron chi connectivity index (χ4n) is 2.44. The molecule has 0 saturated heterocycles. The predicted octanol–water partition coefficient (Wildman–Crippen LogP) is 5.30. The van der Waals surface area contributed by atoms with Gasteiger partial charge >= 0.3 is 0 Å². The maximum absolute atomic E-state index is 6.01. The Bertz CT molecular complexity index is 902. The summed E-state index contributed by atoms with van der Waals surface area (Å²) in [5.74, 6) is 0. The van der Waals surface area contributed by atoms with Crippen molar-refractivity contribution < 1.29 is 0 Å². The number of allylic oxidation sites excluding steroid dienone is 2. The summed E-state index contributed by atoms with van der Waals surface area (Å²) in [6.45, 7) is 6.07. The lowest BCUT2D eigenvalue weighted by Gasteiger charge is -2.10. The van der Waals surface area contributed by atoms with Gasteiger partial charge in [-0.05, 0) is 43.3 Å². The SMILES string of the molecule is C=C(/C=N\C=C/C)c1cc2ccncc2n1-c1ccc(Cl)cc1. The molecule has 23 heavy (non-hydrogen) atoms. The second-order valence-electron chi connectivity index (χ2n) is 5.06. The van der Waals surface area contributed by atoms with Crippen LogP contribution in [-0.4, -0.2) is 15.8 Å². The summed E-state index contributed by atoms with van der Waals surface area (Å²) in [4.78, 5) is 8.47. The molecule has 0 atom stereocenters. The number of benzene rings is 1. The first-order chi connectivity index (χ1) is 11.2. The molecule has 1 aromatic carbocycles. The zero-order valence-corrected chi connectivity index (χ0v) is 13.5. The van der Waals surface area contributed by atoms with Crippen molar-refractivity contribution in [3.63, 3.8) is 0 Å². The molecule has 0 unspecified atom stereocenters. The van der Waals surface area contributed by atoms with Gasteiger partial charge < -0.3 is 4.57 Å². The highest BCUT2D eigenvalue weighted by atomic mass is 35.5. The van der Waals surface area contributed by atoms with Crippen LogP contribution in [0.5, 0.6) is 0 Å². The summed E-state index contributed by atoms with van der Waals surface area (Å²) in [5, 5.41) is 1.81. The van der Waals surface area contributed by atoms with Gasteiger partial charge in [0.25, 0.3) is 0 Å². The molecule has 114 valence electrons. The fraction of sp³-hybridized carbons (Fsp3) is 0.0526.